The maximum absolute atomic E-state index is 14.4. The molecule has 7 heteroatoms. The maximum atomic E-state index is 14.4. The van der Waals surface area contributed by atoms with Crippen LogP contribution in [0.2, 0.25) is 0 Å². The van der Waals surface area contributed by atoms with E-state index < -0.39 is 17.7 Å². The number of rotatable bonds is 5. The molecular weight excluding hydrogens is 392 g/mol. The van der Waals surface area contributed by atoms with Gasteiger partial charge in [0.05, 0.1) is 18.0 Å². The van der Waals surface area contributed by atoms with Crippen molar-refractivity contribution in [3.63, 3.8) is 0 Å². The highest BCUT2D eigenvalue weighted by Gasteiger charge is 2.34. The third-order valence-electron chi connectivity index (χ3n) is 5.10. The van der Waals surface area contributed by atoms with Crippen molar-refractivity contribution in [2.45, 2.75) is 18.5 Å². The molecule has 4 rings (SSSR count). The molecule has 0 saturated heterocycles. The van der Waals surface area contributed by atoms with Crippen LogP contribution < -0.4 is 11.1 Å². The van der Waals surface area contributed by atoms with Gasteiger partial charge in [-0.2, -0.15) is 0 Å². The smallest absolute Gasteiger partial charge is 0.240 e. The number of thioether (sulfide) groups is 1. The first-order chi connectivity index (χ1) is 14.0. The Morgan fingerprint density at radius 1 is 1.24 bits per heavy atom. The van der Waals surface area contributed by atoms with Gasteiger partial charge in [0.1, 0.15) is 11.6 Å². The fourth-order valence-electron chi connectivity index (χ4n) is 3.65. The minimum absolute atomic E-state index is 0.173. The van der Waals surface area contributed by atoms with Gasteiger partial charge in [-0.25, -0.2) is 8.78 Å². The average Bonchev–Trinajstić information content (AvgIpc) is 3.40. The Kier molecular flexibility index (Phi) is 5.69. The summed E-state index contributed by atoms with van der Waals surface area (Å²) in [7, 11) is 0. The lowest BCUT2D eigenvalue weighted by molar-refractivity contribution is -0.133. The van der Waals surface area contributed by atoms with Crippen molar-refractivity contribution in [3.8, 4) is 0 Å². The van der Waals surface area contributed by atoms with E-state index >= 15 is 0 Å². The number of hydrogen-bond acceptors (Lipinski definition) is 4. The van der Waals surface area contributed by atoms with Gasteiger partial charge in [-0.05, 0) is 34.7 Å². The number of hydrogen-bond donors (Lipinski definition) is 2. The van der Waals surface area contributed by atoms with Crippen LogP contribution in [0.4, 0.5) is 8.78 Å². The van der Waals surface area contributed by atoms with Crippen molar-refractivity contribution >= 4 is 23.2 Å². The molecule has 2 heterocycles. The van der Waals surface area contributed by atoms with Gasteiger partial charge in [0, 0.05) is 24.2 Å². The molecule has 2 aromatic carbocycles. The zero-order valence-corrected chi connectivity index (χ0v) is 16.5. The van der Waals surface area contributed by atoms with Crippen LogP contribution in [0.25, 0.3) is 5.57 Å². The largest absolute Gasteiger partial charge is 0.379 e. The van der Waals surface area contributed by atoms with E-state index in [1.165, 1.54) is 6.07 Å². The monoisotopic (exact) mass is 413 g/mol. The standard InChI is InChI=1S/C22H21F2N3OS/c23-16-6-7-19(24)18(9-16)15-8-21(14-4-2-1-3-5-14)27(11-15)22(28)20(25)10-17-12-29-13-26-17/h1-9,12,20-21,26H,10-11,13,25H2/t20-,21?/m0/s1. The molecule has 1 amide bonds. The molecule has 0 saturated carbocycles. The zero-order chi connectivity index (χ0) is 20.4. The van der Waals surface area contributed by atoms with E-state index in [0.717, 1.165) is 29.3 Å². The number of nitrogens with one attached hydrogen (secondary N) is 1. The second-order valence-electron chi connectivity index (χ2n) is 7.08. The van der Waals surface area contributed by atoms with Gasteiger partial charge < -0.3 is 16.0 Å². The lowest BCUT2D eigenvalue weighted by Crippen LogP contribution is -2.44. The average molecular weight is 413 g/mol. The summed E-state index contributed by atoms with van der Waals surface area (Å²) in [5, 5.41) is 5.16. The predicted molar refractivity (Wildman–Crippen MR) is 112 cm³/mol. The minimum atomic E-state index is -0.719. The first kappa shape index (κ1) is 19.7. The van der Waals surface area contributed by atoms with Crippen molar-refractivity contribution in [1.82, 2.24) is 10.2 Å². The van der Waals surface area contributed by atoms with E-state index in [4.69, 9.17) is 5.73 Å². The molecule has 4 nitrogen and oxygen atoms in total. The maximum Gasteiger partial charge on any atom is 0.240 e. The summed E-state index contributed by atoms with van der Waals surface area (Å²) in [6.07, 6.45) is 2.23. The summed E-state index contributed by atoms with van der Waals surface area (Å²) in [6.45, 7) is 0.174. The molecule has 3 N–H and O–H groups in total. The third kappa shape index (κ3) is 4.21. The van der Waals surface area contributed by atoms with Gasteiger partial charge in [-0.15, -0.1) is 11.8 Å². The Bertz CT molecular complexity index is 977. The molecule has 2 aliphatic heterocycles. The predicted octanol–water partition coefficient (Wildman–Crippen LogP) is 3.78. The van der Waals surface area contributed by atoms with E-state index in [-0.39, 0.29) is 24.1 Å². The van der Waals surface area contributed by atoms with Gasteiger partial charge in [0.15, 0.2) is 0 Å². The van der Waals surface area contributed by atoms with Crippen molar-refractivity contribution in [2.75, 3.05) is 12.4 Å². The number of carbonyl (C=O) groups is 1. The minimum Gasteiger partial charge on any atom is -0.379 e. The molecular formula is C22H21F2N3OS. The molecule has 2 aromatic rings. The Morgan fingerprint density at radius 3 is 2.76 bits per heavy atom. The first-order valence-electron chi connectivity index (χ1n) is 9.34. The van der Waals surface area contributed by atoms with Crippen LogP contribution >= 0.6 is 11.8 Å². The molecule has 29 heavy (non-hydrogen) atoms. The number of amides is 1. The van der Waals surface area contributed by atoms with Gasteiger partial charge in [-0.1, -0.05) is 36.4 Å². The van der Waals surface area contributed by atoms with Crippen molar-refractivity contribution in [3.05, 3.63) is 88.5 Å². The summed E-state index contributed by atoms with van der Waals surface area (Å²) >= 11 is 1.63. The lowest BCUT2D eigenvalue weighted by Gasteiger charge is -2.28. The fourth-order valence-corrected chi connectivity index (χ4v) is 4.38. The molecule has 2 aliphatic rings. The quantitative estimate of drug-likeness (QED) is 0.783. The number of nitrogens with zero attached hydrogens (tertiary/aromatic N) is 1. The van der Waals surface area contributed by atoms with Crippen molar-refractivity contribution in [2.24, 2.45) is 5.73 Å². The second kappa shape index (κ2) is 8.39. The zero-order valence-electron chi connectivity index (χ0n) is 15.6. The number of halogens is 2. The normalized spacial score (nSPS) is 19.6. The first-order valence-corrected chi connectivity index (χ1v) is 10.4. The summed E-state index contributed by atoms with van der Waals surface area (Å²) < 4.78 is 28.1. The third-order valence-corrected chi connectivity index (χ3v) is 5.86. The Hall–Kier alpha value is -2.64. The molecule has 0 fully saturated rings. The van der Waals surface area contributed by atoms with E-state index in [1.807, 2.05) is 41.8 Å². The number of nitrogens with two attached hydrogens (primary N) is 1. The number of carbonyl (C=O) groups excluding carboxylic acids is 1. The van der Waals surface area contributed by atoms with Gasteiger partial charge in [-0.3, -0.25) is 4.79 Å². The summed E-state index contributed by atoms with van der Waals surface area (Å²) in [5.74, 6) is -0.476. The molecule has 0 bridgehead atoms. The van der Waals surface area contributed by atoms with Crippen LogP contribution in [0.1, 0.15) is 23.6 Å². The molecule has 0 spiro atoms. The second-order valence-corrected chi connectivity index (χ2v) is 7.94. The topological polar surface area (TPSA) is 58.4 Å². The molecule has 0 radical (unpaired) electrons. The van der Waals surface area contributed by atoms with Crippen LogP contribution in [0.3, 0.4) is 0 Å². The van der Waals surface area contributed by atoms with E-state index in [1.54, 1.807) is 16.7 Å². The van der Waals surface area contributed by atoms with E-state index in [9.17, 15) is 13.6 Å². The molecule has 0 aliphatic carbocycles. The molecule has 0 aromatic heterocycles. The van der Waals surface area contributed by atoms with Crippen LogP contribution in [-0.4, -0.2) is 29.3 Å². The highest BCUT2D eigenvalue weighted by atomic mass is 32.2. The van der Waals surface area contributed by atoms with Gasteiger partial charge in [0.2, 0.25) is 5.91 Å². The summed E-state index contributed by atoms with van der Waals surface area (Å²) in [4.78, 5) is 14.8. The van der Waals surface area contributed by atoms with Crippen LogP contribution in [0, 0.1) is 11.6 Å². The van der Waals surface area contributed by atoms with Gasteiger partial charge in [0.25, 0.3) is 0 Å². The SMILES string of the molecule is N[C@@H](CC1=CSCN1)C(=O)N1CC(c2cc(F)ccc2F)=CC1c1ccccc1. The summed E-state index contributed by atoms with van der Waals surface area (Å²) in [5.41, 5.74) is 8.80. The van der Waals surface area contributed by atoms with Crippen molar-refractivity contribution < 1.29 is 13.6 Å². The molecule has 150 valence electrons. The lowest BCUT2D eigenvalue weighted by atomic mass is 10.0. The summed E-state index contributed by atoms with van der Waals surface area (Å²) in [6, 6.07) is 11.7. The highest BCUT2D eigenvalue weighted by molar-refractivity contribution is 8.02. The van der Waals surface area contributed by atoms with Gasteiger partial charge >= 0.3 is 0 Å². The Morgan fingerprint density at radius 2 is 2.03 bits per heavy atom. The van der Waals surface area contributed by atoms with E-state index in [2.05, 4.69) is 5.32 Å². The Labute approximate surface area is 172 Å². The van der Waals surface area contributed by atoms with E-state index in [0.29, 0.717) is 12.0 Å². The fraction of sp³-hybridized carbons (Fsp3) is 0.227. The molecule has 2 atom stereocenters. The Balaban J connectivity index is 1.64. The molecule has 1 unspecified atom stereocenters. The highest BCUT2D eigenvalue weighted by Crippen LogP contribution is 2.36. The van der Waals surface area contributed by atoms with Crippen LogP contribution in [0.5, 0.6) is 0 Å². The number of benzene rings is 2. The van der Waals surface area contributed by atoms with Crippen LogP contribution in [0.15, 0.2) is 65.7 Å². The van der Waals surface area contributed by atoms with Crippen molar-refractivity contribution in [1.29, 1.82) is 0 Å². The van der Waals surface area contributed by atoms with Crippen LogP contribution in [-0.2, 0) is 4.79 Å².